The average Bonchev–Trinajstić information content (AvgIpc) is 2.48. The summed E-state index contributed by atoms with van der Waals surface area (Å²) in [6.07, 6.45) is -0.496. The van der Waals surface area contributed by atoms with Gasteiger partial charge < -0.3 is 19.3 Å². The van der Waals surface area contributed by atoms with Gasteiger partial charge in [0.1, 0.15) is 5.75 Å². The second-order valence-electron chi connectivity index (χ2n) is 4.34. The van der Waals surface area contributed by atoms with Crippen LogP contribution in [-0.2, 0) is 0 Å². The molecule has 0 amide bonds. The number of methoxy groups -OCH3 is 2. The molecule has 0 heterocycles. The van der Waals surface area contributed by atoms with E-state index in [-0.39, 0.29) is 0 Å². The van der Waals surface area contributed by atoms with Gasteiger partial charge in [0.05, 0.1) is 20.3 Å². The number of ether oxygens (including phenoxy) is 3. The van der Waals surface area contributed by atoms with Crippen molar-refractivity contribution in [3.63, 3.8) is 0 Å². The molecule has 0 aliphatic heterocycles. The molecule has 20 heavy (non-hydrogen) atoms. The zero-order chi connectivity index (χ0) is 14.5. The minimum atomic E-state index is -0.496. The third kappa shape index (κ3) is 3.03. The lowest BCUT2D eigenvalue weighted by atomic mass is 10.1. The van der Waals surface area contributed by atoms with E-state index in [0.29, 0.717) is 23.0 Å². The third-order valence-electron chi connectivity index (χ3n) is 2.97. The molecule has 0 aromatic heterocycles. The van der Waals surface area contributed by atoms with Gasteiger partial charge in [0.2, 0.25) is 5.75 Å². The summed E-state index contributed by atoms with van der Waals surface area (Å²) in [6, 6.07) is 12.7. The Morgan fingerprint density at radius 1 is 0.900 bits per heavy atom. The maximum Gasteiger partial charge on any atom is 0.210 e. The van der Waals surface area contributed by atoms with E-state index in [9.17, 15) is 5.11 Å². The van der Waals surface area contributed by atoms with Crippen molar-refractivity contribution in [2.75, 3.05) is 14.2 Å². The molecule has 4 heteroatoms. The van der Waals surface area contributed by atoms with Crippen molar-refractivity contribution in [3.05, 3.63) is 48.0 Å². The Morgan fingerprint density at radius 2 is 1.45 bits per heavy atom. The van der Waals surface area contributed by atoms with Crippen LogP contribution >= 0.6 is 0 Å². The highest BCUT2D eigenvalue weighted by molar-refractivity contribution is 5.53. The van der Waals surface area contributed by atoms with Crippen molar-refractivity contribution < 1.29 is 19.3 Å². The maximum atomic E-state index is 9.49. The van der Waals surface area contributed by atoms with Crippen LogP contribution in [0.1, 0.15) is 18.6 Å². The smallest absolute Gasteiger partial charge is 0.210 e. The highest BCUT2D eigenvalue weighted by Crippen LogP contribution is 2.39. The molecule has 0 unspecified atom stereocenters. The molecule has 0 aliphatic rings. The van der Waals surface area contributed by atoms with Gasteiger partial charge in [-0.3, -0.25) is 0 Å². The van der Waals surface area contributed by atoms with E-state index in [0.717, 1.165) is 5.56 Å². The molecule has 2 aromatic carbocycles. The van der Waals surface area contributed by atoms with E-state index < -0.39 is 6.10 Å². The first kappa shape index (κ1) is 14.2. The van der Waals surface area contributed by atoms with Gasteiger partial charge in [0, 0.05) is 0 Å². The Hall–Kier alpha value is -2.20. The average molecular weight is 274 g/mol. The van der Waals surface area contributed by atoms with Crippen molar-refractivity contribution in [3.8, 4) is 23.0 Å². The van der Waals surface area contributed by atoms with Crippen LogP contribution in [0, 0.1) is 0 Å². The number of rotatable bonds is 5. The van der Waals surface area contributed by atoms with Crippen molar-refractivity contribution in [1.29, 1.82) is 0 Å². The number of hydrogen-bond acceptors (Lipinski definition) is 4. The minimum Gasteiger partial charge on any atom is -0.493 e. The fourth-order valence-corrected chi connectivity index (χ4v) is 1.85. The lowest BCUT2D eigenvalue weighted by Crippen LogP contribution is -1.95. The van der Waals surface area contributed by atoms with Crippen LogP contribution in [0.2, 0.25) is 0 Å². The minimum absolute atomic E-state index is 0.496. The Labute approximate surface area is 118 Å². The molecule has 1 atom stereocenters. The predicted molar refractivity (Wildman–Crippen MR) is 76.7 cm³/mol. The second-order valence-corrected chi connectivity index (χ2v) is 4.34. The van der Waals surface area contributed by atoms with E-state index in [1.807, 2.05) is 30.3 Å². The zero-order valence-corrected chi connectivity index (χ0v) is 11.8. The Bertz CT molecular complexity index is 539. The molecule has 0 saturated carbocycles. The number of benzene rings is 2. The summed E-state index contributed by atoms with van der Waals surface area (Å²) in [7, 11) is 3.16. The van der Waals surface area contributed by atoms with E-state index in [2.05, 4.69) is 0 Å². The molecule has 0 saturated heterocycles. The molecule has 0 fully saturated rings. The fraction of sp³-hybridized carbons (Fsp3) is 0.250. The lowest BCUT2D eigenvalue weighted by molar-refractivity contribution is 0.199. The van der Waals surface area contributed by atoms with Gasteiger partial charge in [0.25, 0.3) is 0 Å². The Morgan fingerprint density at radius 3 is 1.90 bits per heavy atom. The van der Waals surface area contributed by atoms with Gasteiger partial charge in [-0.25, -0.2) is 0 Å². The topological polar surface area (TPSA) is 47.9 Å². The zero-order valence-electron chi connectivity index (χ0n) is 11.8. The number of hydrogen-bond donors (Lipinski definition) is 1. The van der Waals surface area contributed by atoms with Gasteiger partial charge >= 0.3 is 0 Å². The van der Waals surface area contributed by atoms with E-state index >= 15 is 0 Å². The lowest BCUT2D eigenvalue weighted by Gasteiger charge is -2.14. The van der Waals surface area contributed by atoms with Crippen LogP contribution in [0.25, 0.3) is 0 Å². The maximum absolute atomic E-state index is 9.49. The van der Waals surface area contributed by atoms with E-state index in [1.54, 1.807) is 33.3 Å². The molecule has 0 radical (unpaired) electrons. The summed E-state index contributed by atoms with van der Waals surface area (Å²) in [5.74, 6) is 2.38. The van der Waals surface area contributed by atoms with Gasteiger partial charge in [-0.1, -0.05) is 18.2 Å². The highest BCUT2D eigenvalue weighted by atomic mass is 16.5. The van der Waals surface area contributed by atoms with Crippen molar-refractivity contribution >= 4 is 0 Å². The third-order valence-corrected chi connectivity index (χ3v) is 2.97. The predicted octanol–water partition coefficient (Wildman–Crippen LogP) is 3.55. The first-order valence-electron chi connectivity index (χ1n) is 6.32. The van der Waals surface area contributed by atoms with Gasteiger partial charge in [-0.05, 0) is 36.8 Å². The summed E-state index contributed by atoms with van der Waals surface area (Å²) in [6.45, 7) is 1.72. The van der Waals surface area contributed by atoms with E-state index in [1.165, 1.54) is 0 Å². The largest absolute Gasteiger partial charge is 0.493 e. The van der Waals surface area contributed by atoms with E-state index in [4.69, 9.17) is 14.2 Å². The molecule has 106 valence electrons. The number of para-hydroxylation sites is 1. The number of aliphatic hydroxyl groups excluding tert-OH is 1. The van der Waals surface area contributed by atoms with Gasteiger partial charge in [-0.15, -0.1) is 0 Å². The molecular formula is C16H18O4. The monoisotopic (exact) mass is 274 g/mol. The van der Waals surface area contributed by atoms with Crippen LogP contribution in [0.4, 0.5) is 0 Å². The molecular weight excluding hydrogens is 256 g/mol. The van der Waals surface area contributed by atoms with Gasteiger partial charge in [0.15, 0.2) is 11.5 Å². The highest BCUT2D eigenvalue weighted by Gasteiger charge is 2.12. The molecule has 2 aromatic rings. The van der Waals surface area contributed by atoms with Crippen molar-refractivity contribution in [2.45, 2.75) is 13.0 Å². The van der Waals surface area contributed by atoms with Crippen molar-refractivity contribution in [2.24, 2.45) is 0 Å². The molecule has 1 N–H and O–H groups in total. The van der Waals surface area contributed by atoms with Crippen LogP contribution in [0.3, 0.4) is 0 Å². The van der Waals surface area contributed by atoms with Crippen molar-refractivity contribution in [1.82, 2.24) is 0 Å². The summed E-state index contributed by atoms with van der Waals surface area (Å²) >= 11 is 0. The van der Waals surface area contributed by atoms with Crippen LogP contribution in [0.5, 0.6) is 23.0 Å². The summed E-state index contributed by atoms with van der Waals surface area (Å²) in [5.41, 5.74) is 0.837. The Kier molecular flexibility index (Phi) is 4.48. The normalized spacial score (nSPS) is 11.8. The summed E-state index contributed by atoms with van der Waals surface area (Å²) < 4.78 is 16.4. The summed E-state index contributed by atoms with van der Waals surface area (Å²) in [5, 5.41) is 9.49. The molecule has 2 rings (SSSR count). The summed E-state index contributed by atoms with van der Waals surface area (Å²) in [4.78, 5) is 0. The SMILES string of the molecule is COc1cccc(OC)c1Oc1ccc([C@H](C)O)cc1. The first-order valence-corrected chi connectivity index (χ1v) is 6.32. The molecule has 0 bridgehead atoms. The standard InChI is InChI=1S/C16H18O4/c1-11(17)12-7-9-13(10-8-12)20-16-14(18-2)5-4-6-15(16)19-3/h4-11,17H,1-3H3/t11-/m0/s1. The fourth-order valence-electron chi connectivity index (χ4n) is 1.85. The first-order chi connectivity index (χ1) is 9.65. The van der Waals surface area contributed by atoms with Gasteiger partial charge in [-0.2, -0.15) is 0 Å². The molecule has 0 aliphatic carbocycles. The van der Waals surface area contributed by atoms with Crippen LogP contribution in [-0.4, -0.2) is 19.3 Å². The van der Waals surface area contributed by atoms with Crippen LogP contribution in [0.15, 0.2) is 42.5 Å². The molecule has 4 nitrogen and oxygen atoms in total. The van der Waals surface area contributed by atoms with Crippen LogP contribution < -0.4 is 14.2 Å². The quantitative estimate of drug-likeness (QED) is 0.905. The second kappa shape index (κ2) is 6.30. The number of aliphatic hydroxyl groups is 1. The Balaban J connectivity index is 2.29. The molecule has 0 spiro atoms.